The van der Waals surface area contributed by atoms with Gasteiger partial charge in [-0.3, -0.25) is 0 Å². The summed E-state index contributed by atoms with van der Waals surface area (Å²) in [4.78, 5) is 11.3. The highest BCUT2D eigenvalue weighted by Crippen LogP contribution is 2.38. The van der Waals surface area contributed by atoms with Crippen LogP contribution in [0.5, 0.6) is 0 Å². The maximum absolute atomic E-state index is 11.3. The molecule has 1 aliphatic rings. The quantitative estimate of drug-likeness (QED) is 0.858. The second-order valence-corrected chi connectivity index (χ2v) is 6.84. The van der Waals surface area contributed by atoms with Crippen molar-refractivity contribution in [3.8, 4) is 0 Å². The summed E-state index contributed by atoms with van der Waals surface area (Å²) >= 11 is 3.41. The summed E-state index contributed by atoms with van der Waals surface area (Å²) < 4.78 is 0.897. The minimum Gasteiger partial charge on any atom is -0.478 e. The van der Waals surface area contributed by atoms with Crippen molar-refractivity contribution in [1.82, 2.24) is 0 Å². The predicted molar refractivity (Wildman–Crippen MR) is 80.8 cm³/mol. The Morgan fingerprint density at radius 1 is 1.42 bits per heavy atom. The van der Waals surface area contributed by atoms with Gasteiger partial charge in [-0.05, 0) is 36.5 Å². The van der Waals surface area contributed by atoms with Crippen LogP contribution in [-0.2, 0) is 0 Å². The van der Waals surface area contributed by atoms with E-state index >= 15 is 0 Å². The molecular weight excluding hydrogens is 306 g/mol. The van der Waals surface area contributed by atoms with Gasteiger partial charge in [0.05, 0.1) is 11.3 Å². The number of halogens is 1. The van der Waals surface area contributed by atoms with Crippen molar-refractivity contribution in [3.05, 3.63) is 28.2 Å². The number of carboxylic acid groups (broad SMARTS) is 1. The largest absolute Gasteiger partial charge is 0.478 e. The molecule has 0 aliphatic heterocycles. The molecule has 4 heteroatoms. The molecule has 1 aliphatic carbocycles. The van der Waals surface area contributed by atoms with Crippen molar-refractivity contribution in [2.75, 3.05) is 5.32 Å². The van der Waals surface area contributed by atoms with E-state index in [-0.39, 0.29) is 5.41 Å². The zero-order valence-corrected chi connectivity index (χ0v) is 13.0. The van der Waals surface area contributed by atoms with Crippen LogP contribution >= 0.6 is 15.9 Å². The van der Waals surface area contributed by atoms with Crippen LogP contribution in [0.4, 0.5) is 5.69 Å². The molecule has 0 radical (unpaired) electrons. The highest BCUT2D eigenvalue weighted by Gasteiger charge is 2.32. The first-order valence-corrected chi connectivity index (χ1v) is 7.49. The third-order valence-corrected chi connectivity index (χ3v) is 4.54. The molecule has 0 aromatic heterocycles. The van der Waals surface area contributed by atoms with Crippen LogP contribution in [0, 0.1) is 5.41 Å². The molecule has 0 bridgehead atoms. The first kappa shape index (κ1) is 14.4. The Bertz CT molecular complexity index is 485. The van der Waals surface area contributed by atoms with Gasteiger partial charge in [0.1, 0.15) is 0 Å². The van der Waals surface area contributed by atoms with Crippen molar-refractivity contribution in [1.29, 1.82) is 0 Å². The van der Waals surface area contributed by atoms with Gasteiger partial charge < -0.3 is 10.4 Å². The number of hydrogen-bond donors (Lipinski definition) is 2. The normalized spacial score (nSPS) is 21.9. The first-order valence-electron chi connectivity index (χ1n) is 6.69. The molecule has 0 heterocycles. The lowest BCUT2D eigenvalue weighted by atomic mass is 9.73. The zero-order valence-electron chi connectivity index (χ0n) is 11.4. The molecule has 1 saturated carbocycles. The van der Waals surface area contributed by atoms with Crippen molar-refractivity contribution < 1.29 is 9.90 Å². The zero-order chi connectivity index (χ0) is 14.0. The standard InChI is InChI=1S/C15H20BrNO2/c1-15(2)8-4-3-5-13(15)17-12-9-10(16)6-7-11(12)14(18)19/h6-7,9,13,17H,3-5,8H2,1-2H3,(H,18,19). The predicted octanol–water partition coefficient (Wildman–Crippen LogP) is 4.53. The molecule has 3 nitrogen and oxygen atoms in total. The van der Waals surface area contributed by atoms with Crippen LogP contribution in [-0.4, -0.2) is 17.1 Å². The van der Waals surface area contributed by atoms with E-state index in [1.165, 1.54) is 19.3 Å². The number of anilines is 1. The molecule has 1 fully saturated rings. The fourth-order valence-electron chi connectivity index (χ4n) is 2.77. The van der Waals surface area contributed by atoms with Crippen molar-refractivity contribution in [2.24, 2.45) is 5.41 Å². The number of benzene rings is 1. The summed E-state index contributed by atoms with van der Waals surface area (Å²) in [5.74, 6) is -0.886. The van der Waals surface area contributed by atoms with Crippen LogP contribution in [0.3, 0.4) is 0 Å². The number of aromatic carboxylic acids is 1. The van der Waals surface area contributed by atoms with Gasteiger partial charge >= 0.3 is 5.97 Å². The lowest BCUT2D eigenvalue weighted by Crippen LogP contribution is -2.39. The molecule has 19 heavy (non-hydrogen) atoms. The van der Waals surface area contributed by atoms with Gasteiger partial charge in [-0.1, -0.05) is 42.6 Å². The van der Waals surface area contributed by atoms with Gasteiger partial charge in [-0.15, -0.1) is 0 Å². The fourth-order valence-corrected chi connectivity index (χ4v) is 3.13. The van der Waals surface area contributed by atoms with Gasteiger partial charge in [0.15, 0.2) is 0 Å². The second kappa shape index (κ2) is 5.53. The van der Waals surface area contributed by atoms with Crippen molar-refractivity contribution >= 4 is 27.6 Å². The highest BCUT2D eigenvalue weighted by molar-refractivity contribution is 9.10. The Balaban J connectivity index is 2.27. The lowest BCUT2D eigenvalue weighted by molar-refractivity contribution is 0.0697. The van der Waals surface area contributed by atoms with Crippen molar-refractivity contribution in [2.45, 2.75) is 45.6 Å². The van der Waals surface area contributed by atoms with E-state index in [9.17, 15) is 9.90 Å². The number of carbonyl (C=O) groups is 1. The second-order valence-electron chi connectivity index (χ2n) is 5.93. The van der Waals surface area contributed by atoms with Gasteiger partial charge in [0, 0.05) is 10.5 Å². The van der Waals surface area contributed by atoms with Crippen LogP contribution in [0.15, 0.2) is 22.7 Å². The minimum atomic E-state index is -0.886. The Morgan fingerprint density at radius 3 is 2.79 bits per heavy atom. The molecule has 0 spiro atoms. The molecule has 2 rings (SSSR count). The van der Waals surface area contributed by atoms with Crippen LogP contribution in [0.1, 0.15) is 49.9 Å². The molecule has 1 aromatic carbocycles. The molecule has 0 amide bonds. The third-order valence-electron chi connectivity index (χ3n) is 4.05. The lowest BCUT2D eigenvalue weighted by Gasteiger charge is -2.39. The SMILES string of the molecule is CC1(C)CCCCC1Nc1cc(Br)ccc1C(=O)O. The number of nitrogens with one attached hydrogen (secondary N) is 1. The summed E-state index contributed by atoms with van der Waals surface area (Å²) in [6, 6.07) is 5.59. The summed E-state index contributed by atoms with van der Waals surface area (Å²) in [7, 11) is 0. The van der Waals surface area contributed by atoms with E-state index in [0.717, 1.165) is 10.9 Å². The summed E-state index contributed by atoms with van der Waals surface area (Å²) in [5, 5.41) is 12.7. The summed E-state index contributed by atoms with van der Waals surface area (Å²) in [6.45, 7) is 4.50. The molecule has 2 N–H and O–H groups in total. The molecule has 1 atom stereocenters. The molecule has 0 saturated heterocycles. The Kier molecular flexibility index (Phi) is 4.19. The molecule has 104 valence electrons. The van der Waals surface area contributed by atoms with Crippen LogP contribution in [0.2, 0.25) is 0 Å². The molecular formula is C15H20BrNO2. The fraction of sp³-hybridized carbons (Fsp3) is 0.533. The Labute approximate surface area is 122 Å². The van der Waals surface area contributed by atoms with Gasteiger partial charge in [-0.25, -0.2) is 4.79 Å². The van der Waals surface area contributed by atoms with E-state index in [0.29, 0.717) is 17.3 Å². The smallest absolute Gasteiger partial charge is 0.337 e. The number of hydrogen-bond acceptors (Lipinski definition) is 2. The van der Waals surface area contributed by atoms with E-state index in [4.69, 9.17) is 0 Å². The van der Waals surface area contributed by atoms with Crippen LogP contribution < -0.4 is 5.32 Å². The average molecular weight is 326 g/mol. The minimum absolute atomic E-state index is 0.205. The maximum Gasteiger partial charge on any atom is 0.337 e. The summed E-state index contributed by atoms with van der Waals surface area (Å²) in [6.07, 6.45) is 4.74. The first-order chi connectivity index (χ1) is 8.90. The summed E-state index contributed by atoms with van der Waals surface area (Å²) in [5.41, 5.74) is 1.25. The number of carboxylic acids is 1. The maximum atomic E-state index is 11.3. The van der Waals surface area contributed by atoms with Crippen LogP contribution in [0.25, 0.3) is 0 Å². The molecule has 1 aromatic rings. The van der Waals surface area contributed by atoms with Gasteiger partial charge in [0.25, 0.3) is 0 Å². The van der Waals surface area contributed by atoms with E-state index < -0.39 is 5.97 Å². The topological polar surface area (TPSA) is 49.3 Å². The Morgan fingerprint density at radius 2 is 2.16 bits per heavy atom. The van der Waals surface area contributed by atoms with E-state index in [2.05, 4.69) is 35.1 Å². The van der Waals surface area contributed by atoms with Gasteiger partial charge in [0.2, 0.25) is 0 Å². The monoisotopic (exact) mass is 325 g/mol. The van der Waals surface area contributed by atoms with E-state index in [1.807, 2.05) is 6.07 Å². The van der Waals surface area contributed by atoms with Gasteiger partial charge in [-0.2, -0.15) is 0 Å². The third kappa shape index (κ3) is 3.30. The number of rotatable bonds is 3. The van der Waals surface area contributed by atoms with Crippen molar-refractivity contribution in [3.63, 3.8) is 0 Å². The average Bonchev–Trinajstić information content (AvgIpc) is 2.31. The van der Waals surface area contributed by atoms with E-state index in [1.54, 1.807) is 12.1 Å². The highest BCUT2D eigenvalue weighted by atomic mass is 79.9. The Hall–Kier alpha value is -1.03. The molecule has 1 unspecified atom stereocenters.